The molecule has 2 nitrogen and oxygen atoms in total. The van der Waals surface area contributed by atoms with E-state index in [0.29, 0.717) is 6.54 Å². The average molecular weight is 171 g/mol. The summed E-state index contributed by atoms with van der Waals surface area (Å²) >= 11 is 0. The second-order valence-corrected chi connectivity index (χ2v) is 4.97. The predicted molar refractivity (Wildman–Crippen MR) is 50.8 cm³/mol. The van der Waals surface area contributed by atoms with Crippen LogP contribution in [0.2, 0.25) is 0 Å². The maximum atomic E-state index is 10.2. The van der Waals surface area contributed by atoms with Crippen LogP contribution in [-0.4, -0.2) is 17.3 Å². The Kier molecular flexibility index (Phi) is 2.05. The Hall–Kier alpha value is -0.0800. The van der Waals surface area contributed by atoms with E-state index in [9.17, 15) is 5.11 Å². The molecule has 0 aromatic carbocycles. The van der Waals surface area contributed by atoms with Crippen molar-refractivity contribution in [3.63, 3.8) is 0 Å². The number of aliphatic hydroxyl groups is 1. The molecule has 12 heavy (non-hydrogen) atoms. The summed E-state index contributed by atoms with van der Waals surface area (Å²) in [6.07, 6.45) is 1.84. The summed E-state index contributed by atoms with van der Waals surface area (Å²) in [4.78, 5) is 0. The highest BCUT2D eigenvalue weighted by Gasteiger charge is 2.67. The van der Waals surface area contributed by atoms with E-state index in [2.05, 4.69) is 13.8 Å². The first-order valence-electron chi connectivity index (χ1n) is 4.75. The third kappa shape index (κ3) is 1.01. The van der Waals surface area contributed by atoms with Crippen molar-refractivity contribution >= 4 is 0 Å². The van der Waals surface area contributed by atoms with Crippen LogP contribution in [0.4, 0.5) is 0 Å². The van der Waals surface area contributed by atoms with Gasteiger partial charge in [0.2, 0.25) is 0 Å². The monoisotopic (exact) mass is 171 g/mol. The van der Waals surface area contributed by atoms with E-state index >= 15 is 0 Å². The quantitative estimate of drug-likeness (QED) is 0.676. The number of hydrogen-bond acceptors (Lipinski definition) is 2. The molecule has 0 aromatic heterocycles. The van der Waals surface area contributed by atoms with Gasteiger partial charge in [-0.1, -0.05) is 20.8 Å². The SMILES string of the molecule is CCC(C)(O)C1(CN)CC1(C)C. The van der Waals surface area contributed by atoms with Crippen LogP contribution in [0.25, 0.3) is 0 Å². The number of hydrogen-bond donors (Lipinski definition) is 2. The molecule has 0 amide bonds. The zero-order valence-corrected chi connectivity index (χ0v) is 8.65. The van der Waals surface area contributed by atoms with Crippen molar-refractivity contribution in [1.29, 1.82) is 0 Å². The van der Waals surface area contributed by atoms with E-state index in [0.717, 1.165) is 12.8 Å². The minimum atomic E-state index is -0.592. The fourth-order valence-electron chi connectivity index (χ4n) is 2.54. The highest BCUT2D eigenvalue weighted by molar-refractivity contribution is 5.18. The van der Waals surface area contributed by atoms with Gasteiger partial charge in [-0.05, 0) is 25.2 Å². The van der Waals surface area contributed by atoms with Gasteiger partial charge >= 0.3 is 0 Å². The largest absolute Gasteiger partial charge is 0.390 e. The molecule has 3 N–H and O–H groups in total. The van der Waals surface area contributed by atoms with E-state index in [-0.39, 0.29) is 10.8 Å². The molecule has 2 heteroatoms. The van der Waals surface area contributed by atoms with Gasteiger partial charge in [0, 0.05) is 12.0 Å². The standard InChI is InChI=1S/C10H21NO/c1-5-9(4,12)10(7-11)6-8(10,2)3/h12H,5-7,11H2,1-4H3. The lowest BCUT2D eigenvalue weighted by atomic mass is 9.78. The zero-order chi connectivity index (χ0) is 9.62. The lowest BCUT2D eigenvalue weighted by molar-refractivity contribution is -0.0315. The summed E-state index contributed by atoms with van der Waals surface area (Å²) in [7, 11) is 0. The minimum absolute atomic E-state index is 0.0330. The van der Waals surface area contributed by atoms with E-state index in [1.54, 1.807) is 0 Å². The first-order chi connectivity index (χ1) is 5.33. The molecule has 2 atom stereocenters. The molecule has 1 saturated carbocycles. The second kappa shape index (κ2) is 2.46. The Morgan fingerprint density at radius 3 is 2.00 bits per heavy atom. The Morgan fingerprint density at radius 2 is 1.92 bits per heavy atom. The lowest BCUT2D eigenvalue weighted by Crippen LogP contribution is -2.43. The molecular weight excluding hydrogens is 150 g/mol. The molecule has 0 aromatic rings. The summed E-state index contributed by atoms with van der Waals surface area (Å²) in [6, 6.07) is 0. The summed E-state index contributed by atoms with van der Waals surface area (Å²) in [5.41, 5.74) is 5.34. The first-order valence-corrected chi connectivity index (χ1v) is 4.75. The smallest absolute Gasteiger partial charge is 0.0690 e. The van der Waals surface area contributed by atoms with Gasteiger partial charge < -0.3 is 10.8 Å². The molecule has 1 aliphatic carbocycles. The average Bonchev–Trinajstić information content (AvgIpc) is 2.55. The summed E-state index contributed by atoms with van der Waals surface area (Å²) in [6.45, 7) is 8.90. The van der Waals surface area contributed by atoms with Crippen molar-refractivity contribution < 1.29 is 5.11 Å². The van der Waals surface area contributed by atoms with E-state index in [4.69, 9.17) is 5.73 Å². The van der Waals surface area contributed by atoms with E-state index in [1.807, 2.05) is 13.8 Å². The zero-order valence-electron chi connectivity index (χ0n) is 8.65. The van der Waals surface area contributed by atoms with Gasteiger partial charge in [-0.25, -0.2) is 0 Å². The predicted octanol–water partition coefficient (Wildman–Crippen LogP) is 1.52. The van der Waals surface area contributed by atoms with Crippen molar-refractivity contribution in [3.05, 3.63) is 0 Å². The maximum absolute atomic E-state index is 10.2. The summed E-state index contributed by atoms with van der Waals surface area (Å²) < 4.78 is 0. The Balaban J connectivity index is 2.86. The van der Waals surface area contributed by atoms with E-state index < -0.39 is 5.60 Å². The third-order valence-electron chi connectivity index (χ3n) is 3.98. The molecule has 0 spiro atoms. The van der Waals surface area contributed by atoms with Crippen LogP contribution in [0.5, 0.6) is 0 Å². The van der Waals surface area contributed by atoms with Crippen LogP contribution in [0.3, 0.4) is 0 Å². The van der Waals surface area contributed by atoms with Crippen molar-refractivity contribution in [3.8, 4) is 0 Å². The molecule has 0 bridgehead atoms. The van der Waals surface area contributed by atoms with Crippen molar-refractivity contribution in [2.45, 2.75) is 46.1 Å². The van der Waals surface area contributed by atoms with Gasteiger partial charge in [-0.3, -0.25) is 0 Å². The molecule has 1 aliphatic rings. The molecule has 0 aliphatic heterocycles. The normalized spacial score (nSPS) is 37.5. The Morgan fingerprint density at radius 1 is 1.50 bits per heavy atom. The van der Waals surface area contributed by atoms with Gasteiger partial charge in [0.1, 0.15) is 0 Å². The number of rotatable bonds is 3. The van der Waals surface area contributed by atoms with Crippen molar-refractivity contribution in [2.24, 2.45) is 16.6 Å². The molecule has 1 rings (SSSR count). The van der Waals surface area contributed by atoms with Crippen molar-refractivity contribution in [1.82, 2.24) is 0 Å². The molecule has 2 unspecified atom stereocenters. The van der Waals surface area contributed by atoms with Gasteiger partial charge in [0.15, 0.2) is 0 Å². The summed E-state index contributed by atoms with van der Waals surface area (Å²) in [5, 5.41) is 10.2. The fraction of sp³-hybridized carbons (Fsp3) is 1.00. The van der Waals surface area contributed by atoms with E-state index in [1.165, 1.54) is 0 Å². The third-order valence-corrected chi connectivity index (χ3v) is 3.98. The van der Waals surface area contributed by atoms with Gasteiger partial charge in [-0.15, -0.1) is 0 Å². The molecule has 72 valence electrons. The molecule has 1 fully saturated rings. The minimum Gasteiger partial charge on any atom is -0.390 e. The van der Waals surface area contributed by atoms with Crippen LogP contribution in [0.1, 0.15) is 40.5 Å². The maximum Gasteiger partial charge on any atom is 0.0690 e. The molecule has 0 heterocycles. The topological polar surface area (TPSA) is 46.2 Å². The molecule has 0 radical (unpaired) electrons. The van der Waals surface area contributed by atoms with Crippen LogP contribution in [0, 0.1) is 10.8 Å². The first kappa shape index (κ1) is 10.0. The van der Waals surface area contributed by atoms with Crippen LogP contribution in [0.15, 0.2) is 0 Å². The summed E-state index contributed by atoms with van der Waals surface area (Å²) in [5.74, 6) is 0. The van der Waals surface area contributed by atoms with Gasteiger partial charge in [0.25, 0.3) is 0 Å². The van der Waals surface area contributed by atoms with Crippen LogP contribution in [-0.2, 0) is 0 Å². The van der Waals surface area contributed by atoms with Crippen LogP contribution >= 0.6 is 0 Å². The Bertz CT molecular complexity index is 186. The Labute approximate surface area is 75.2 Å². The lowest BCUT2D eigenvalue weighted by Gasteiger charge is -2.34. The molecule has 0 saturated heterocycles. The van der Waals surface area contributed by atoms with Gasteiger partial charge in [-0.2, -0.15) is 0 Å². The number of nitrogens with two attached hydrogens (primary N) is 1. The highest BCUT2D eigenvalue weighted by Crippen LogP contribution is 2.68. The molecular formula is C10H21NO. The fourth-order valence-corrected chi connectivity index (χ4v) is 2.54. The van der Waals surface area contributed by atoms with Gasteiger partial charge in [0.05, 0.1) is 5.60 Å². The second-order valence-electron chi connectivity index (χ2n) is 4.97. The van der Waals surface area contributed by atoms with Crippen LogP contribution < -0.4 is 5.73 Å². The highest BCUT2D eigenvalue weighted by atomic mass is 16.3. The van der Waals surface area contributed by atoms with Crippen molar-refractivity contribution in [2.75, 3.05) is 6.54 Å².